The van der Waals surface area contributed by atoms with E-state index in [-0.39, 0.29) is 0 Å². The largest absolute Gasteiger partial charge is 0.477 e. The maximum Gasteiger partial charge on any atom is 0.364 e. The summed E-state index contributed by atoms with van der Waals surface area (Å²) in [6.07, 6.45) is -5.25. The molecule has 0 bridgehead atoms. The Morgan fingerprint density at radius 2 is 1.92 bits per heavy atom. The summed E-state index contributed by atoms with van der Waals surface area (Å²) in [4.78, 5) is 23.0. The molecule has 0 aromatic heterocycles. The van der Waals surface area contributed by atoms with E-state index in [0.717, 1.165) is 21.3 Å². The van der Waals surface area contributed by atoms with Crippen molar-refractivity contribution in [3.05, 3.63) is 0 Å². The quantitative estimate of drug-likeness (QED) is 0.288. The summed E-state index contributed by atoms with van der Waals surface area (Å²) in [5, 5.41) is 42.3. The molecule has 25 heavy (non-hydrogen) atoms. The molecule has 1 aliphatic rings. The van der Waals surface area contributed by atoms with Crippen molar-refractivity contribution in [1.82, 2.24) is 5.32 Å². The normalized spacial score (nSPS) is 31.4. The van der Waals surface area contributed by atoms with Crippen LogP contribution >= 0.6 is 0 Å². The number of aliphatic hydroxyl groups excluding tert-OH is 3. The predicted molar refractivity (Wildman–Crippen MR) is 80.3 cm³/mol. The minimum Gasteiger partial charge on any atom is -0.477 e. The summed E-state index contributed by atoms with van der Waals surface area (Å²) >= 11 is 0. The van der Waals surface area contributed by atoms with Gasteiger partial charge in [-0.05, 0) is 0 Å². The van der Waals surface area contributed by atoms with Gasteiger partial charge in [0.2, 0.25) is 11.7 Å². The van der Waals surface area contributed by atoms with Gasteiger partial charge in [0, 0.05) is 34.7 Å². The number of hydrogen-bond donors (Lipinski definition) is 5. The minimum absolute atomic E-state index is 0.501. The molecule has 1 rings (SSSR count). The lowest BCUT2D eigenvalue weighted by atomic mass is 9.87. The number of carboxylic acids is 1. The Morgan fingerprint density at radius 1 is 1.36 bits per heavy atom. The molecular weight excluding hydrogens is 342 g/mol. The minimum atomic E-state index is -2.26. The van der Waals surface area contributed by atoms with E-state index in [0.29, 0.717) is 0 Å². The molecule has 0 unspecified atom stereocenters. The molecule has 5 atom stereocenters. The SMILES string of the molecule is COC(CO)(OC)[C@@H](O)[C@@H]1O[C@](OC)(C(=O)O)C[C@H](O)[C@H]1NC(C)=O. The van der Waals surface area contributed by atoms with Crippen molar-refractivity contribution in [2.24, 2.45) is 0 Å². The van der Waals surface area contributed by atoms with Crippen LogP contribution in [0.1, 0.15) is 13.3 Å². The summed E-state index contributed by atoms with van der Waals surface area (Å²) < 4.78 is 20.4. The van der Waals surface area contributed by atoms with Crippen LogP contribution in [0.2, 0.25) is 0 Å². The molecule has 146 valence electrons. The van der Waals surface area contributed by atoms with Crippen molar-refractivity contribution in [2.45, 2.75) is 49.3 Å². The van der Waals surface area contributed by atoms with Gasteiger partial charge in [-0.15, -0.1) is 0 Å². The third-order valence-electron chi connectivity index (χ3n) is 4.27. The Kier molecular flexibility index (Phi) is 7.26. The van der Waals surface area contributed by atoms with E-state index >= 15 is 0 Å². The molecule has 1 fully saturated rings. The zero-order chi connectivity index (χ0) is 19.4. The Bertz CT molecular complexity index is 474. The second-order valence-electron chi connectivity index (χ2n) is 5.67. The first-order chi connectivity index (χ1) is 11.6. The number of carbonyl (C=O) groups is 2. The number of aliphatic carboxylic acids is 1. The molecule has 1 aliphatic heterocycles. The predicted octanol–water partition coefficient (Wildman–Crippen LogP) is -2.59. The van der Waals surface area contributed by atoms with Gasteiger partial charge in [0.25, 0.3) is 5.79 Å². The second kappa shape index (κ2) is 8.36. The Morgan fingerprint density at radius 3 is 2.28 bits per heavy atom. The average Bonchev–Trinajstić information content (AvgIpc) is 2.57. The van der Waals surface area contributed by atoms with Gasteiger partial charge in [-0.1, -0.05) is 0 Å². The van der Waals surface area contributed by atoms with Gasteiger partial charge in [-0.25, -0.2) is 4.79 Å². The first-order valence-electron chi connectivity index (χ1n) is 7.43. The number of amides is 1. The van der Waals surface area contributed by atoms with Gasteiger partial charge < -0.3 is 44.7 Å². The van der Waals surface area contributed by atoms with Crippen LogP contribution in [0, 0.1) is 0 Å². The highest BCUT2D eigenvalue weighted by molar-refractivity contribution is 5.76. The molecule has 0 aromatic rings. The number of rotatable bonds is 8. The van der Waals surface area contributed by atoms with Gasteiger partial charge in [0.05, 0.1) is 18.8 Å². The van der Waals surface area contributed by atoms with E-state index in [4.69, 9.17) is 18.9 Å². The molecule has 1 saturated heterocycles. The van der Waals surface area contributed by atoms with Crippen LogP contribution in [0.25, 0.3) is 0 Å². The van der Waals surface area contributed by atoms with Gasteiger partial charge in [-0.2, -0.15) is 0 Å². The highest BCUT2D eigenvalue weighted by Gasteiger charge is 2.58. The van der Waals surface area contributed by atoms with Crippen LogP contribution in [-0.2, 0) is 28.5 Å². The third kappa shape index (κ3) is 4.08. The molecular formula is C14H25NO10. The molecule has 0 radical (unpaired) electrons. The Hall–Kier alpha value is -1.34. The Balaban J connectivity index is 3.33. The molecule has 1 heterocycles. The summed E-state index contributed by atoms with van der Waals surface area (Å²) in [6.45, 7) is 0.369. The standard InChI is InChI=1S/C14H25NO10/c1-7(17)15-9-8(18)5-13(22-2,12(20)21)25-10(9)11(19)14(6-16,23-3)24-4/h8-11,16,18-19H,5-6H2,1-4H3,(H,15,17)(H,20,21)/t8-,9+,10+,11-,13-/m0/s1. The van der Waals surface area contributed by atoms with Gasteiger partial charge >= 0.3 is 5.97 Å². The molecule has 11 heteroatoms. The third-order valence-corrected chi connectivity index (χ3v) is 4.27. The molecule has 1 amide bonds. The summed E-state index contributed by atoms with van der Waals surface area (Å²) in [5.41, 5.74) is 0. The van der Waals surface area contributed by atoms with Crippen molar-refractivity contribution in [1.29, 1.82) is 0 Å². The van der Waals surface area contributed by atoms with Crippen LogP contribution < -0.4 is 5.32 Å². The van der Waals surface area contributed by atoms with Crippen LogP contribution in [-0.4, -0.2) is 96.2 Å². The molecule has 0 aromatic carbocycles. The van der Waals surface area contributed by atoms with E-state index in [9.17, 15) is 30.0 Å². The zero-order valence-corrected chi connectivity index (χ0v) is 14.5. The summed E-state index contributed by atoms with van der Waals surface area (Å²) in [6, 6.07) is -1.20. The number of carbonyl (C=O) groups excluding carboxylic acids is 1. The van der Waals surface area contributed by atoms with Crippen LogP contribution in [0.5, 0.6) is 0 Å². The van der Waals surface area contributed by atoms with Crippen LogP contribution in [0.15, 0.2) is 0 Å². The van der Waals surface area contributed by atoms with Crippen molar-refractivity contribution >= 4 is 11.9 Å². The lowest BCUT2D eigenvalue weighted by Gasteiger charge is -2.48. The fourth-order valence-corrected chi connectivity index (χ4v) is 2.79. The number of ether oxygens (including phenoxy) is 4. The lowest BCUT2D eigenvalue weighted by molar-refractivity contribution is -0.342. The van der Waals surface area contributed by atoms with Crippen LogP contribution in [0.4, 0.5) is 0 Å². The first-order valence-corrected chi connectivity index (χ1v) is 7.43. The van der Waals surface area contributed by atoms with E-state index in [1.807, 2.05) is 0 Å². The topological polar surface area (TPSA) is 164 Å². The van der Waals surface area contributed by atoms with E-state index in [2.05, 4.69) is 5.32 Å². The fraction of sp³-hybridized carbons (Fsp3) is 0.857. The van der Waals surface area contributed by atoms with Gasteiger partial charge in [-0.3, -0.25) is 4.79 Å². The van der Waals surface area contributed by atoms with Gasteiger partial charge in [0.15, 0.2) is 0 Å². The first kappa shape index (κ1) is 21.7. The number of hydrogen-bond acceptors (Lipinski definition) is 9. The number of aliphatic hydroxyl groups is 3. The molecule has 0 saturated carbocycles. The second-order valence-corrected chi connectivity index (χ2v) is 5.67. The van der Waals surface area contributed by atoms with E-state index in [1.165, 1.54) is 6.92 Å². The Labute approximate surface area is 144 Å². The lowest BCUT2D eigenvalue weighted by Crippen LogP contribution is -2.70. The number of carboxylic acid groups (broad SMARTS) is 1. The summed E-state index contributed by atoms with van der Waals surface area (Å²) in [7, 11) is 3.36. The highest BCUT2D eigenvalue weighted by atomic mass is 16.7. The number of nitrogens with one attached hydrogen (secondary N) is 1. The fourth-order valence-electron chi connectivity index (χ4n) is 2.79. The zero-order valence-electron chi connectivity index (χ0n) is 14.5. The molecule has 11 nitrogen and oxygen atoms in total. The average molecular weight is 367 g/mol. The van der Waals surface area contributed by atoms with Crippen molar-refractivity contribution in [3.8, 4) is 0 Å². The highest BCUT2D eigenvalue weighted by Crippen LogP contribution is 2.35. The van der Waals surface area contributed by atoms with Gasteiger partial charge in [0.1, 0.15) is 12.2 Å². The van der Waals surface area contributed by atoms with Crippen molar-refractivity contribution in [3.63, 3.8) is 0 Å². The maximum atomic E-state index is 11.6. The molecule has 5 N–H and O–H groups in total. The summed E-state index contributed by atoms with van der Waals surface area (Å²) in [5.74, 6) is -6.31. The molecule has 0 aliphatic carbocycles. The van der Waals surface area contributed by atoms with Crippen molar-refractivity contribution in [2.75, 3.05) is 27.9 Å². The number of methoxy groups -OCH3 is 3. The monoisotopic (exact) mass is 367 g/mol. The van der Waals surface area contributed by atoms with E-state index in [1.54, 1.807) is 0 Å². The van der Waals surface area contributed by atoms with Crippen LogP contribution in [0.3, 0.4) is 0 Å². The molecule has 0 spiro atoms. The maximum absolute atomic E-state index is 11.6. The van der Waals surface area contributed by atoms with E-state index < -0.39 is 60.8 Å². The smallest absolute Gasteiger partial charge is 0.364 e. The van der Waals surface area contributed by atoms with Crippen molar-refractivity contribution < 1.29 is 49.0 Å².